The van der Waals surface area contributed by atoms with E-state index in [1.807, 2.05) is 48.0 Å². The van der Waals surface area contributed by atoms with Crippen LogP contribution in [0.1, 0.15) is 28.1 Å². The van der Waals surface area contributed by atoms with Crippen LogP contribution in [0.25, 0.3) is 0 Å². The first-order chi connectivity index (χ1) is 13.9. The quantitative estimate of drug-likeness (QED) is 0.636. The summed E-state index contributed by atoms with van der Waals surface area (Å²) in [6, 6.07) is 13.8. The van der Waals surface area contributed by atoms with Gasteiger partial charge in [0.15, 0.2) is 0 Å². The van der Waals surface area contributed by atoms with Gasteiger partial charge in [-0.15, -0.1) is 0 Å². The molecular weight excluding hydrogens is 386 g/mol. The van der Waals surface area contributed by atoms with Crippen molar-refractivity contribution in [2.24, 2.45) is 0 Å². The topological polar surface area (TPSA) is 62.2 Å². The number of nitrogens with one attached hydrogen (secondary N) is 2. The van der Waals surface area contributed by atoms with E-state index in [1.165, 1.54) is 5.56 Å². The number of rotatable bonds is 5. The summed E-state index contributed by atoms with van der Waals surface area (Å²) in [4.78, 5) is 13.4. The lowest BCUT2D eigenvalue weighted by molar-refractivity contribution is 0.218. The second kappa shape index (κ2) is 7.79. The number of amides is 2. The molecule has 0 radical (unpaired) electrons. The maximum Gasteiger partial charge on any atom is 0.321 e. The van der Waals surface area contributed by atoms with Crippen molar-refractivity contribution in [2.75, 3.05) is 17.7 Å². The molecule has 0 saturated carbocycles. The summed E-state index contributed by atoms with van der Waals surface area (Å²) in [5, 5.41) is 11.9. The van der Waals surface area contributed by atoms with Gasteiger partial charge in [0.05, 0.1) is 12.2 Å². The van der Waals surface area contributed by atoms with Crippen LogP contribution in [0, 0.1) is 13.8 Å². The Morgan fingerprint density at radius 3 is 2.79 bits per heavy atom. The van der Waals surface area contributed by atoms with Gasteiger partial charge in [-0.1, -0.05) is 29.8 Å². The Kier molecular flexibility index (Phi) is 5.20. The number of nitrogens with zero attached hydrogens (tertiary/aromatic N) is 3. The predicted octanol–water partition coefficient (Wildman–Crippen LogP) is 4.79. The Hall–Kier alpha value is -2.99. The van der Waals surface area contributed by atoms with Gasteiger partial charge >= 0.3 is 6.03 Å². The lowest BCUT2D eigenvalue weighted by Crippen LogP contribution is -2.35. The number of hydrogen-bond donors (Lipinski definition) is 2. The van der Waals surface area contributed by atoms with Crippen LogP contribution in [0.3, 0.4) is 0 Å². The molecule has 0 atom stereocenters. The van der Waals surface area contributed by atoms with E-state index >= 15 is 0 Å². The highest BCUT2D eigenvalue weighted by molar-refractivity contribution is 6.31. The minimum Gasteiger partial charge on any atom is -0.381 e. The van der Waals surface area contributed by atoms with E-state index in [1.54, 1.807) is 11.9 Å². The van der Waals surface area contributed by atoms with Gasteiger partial charge in [-0.25, -0.2) is 4.79 Å². The van der Waals surface area contributed by atoms with E-state index in [2.05, 4.69) is 23.6 Å². The van der Waals surface area contributed by atoms with Crippen molar-refractivity contribution in [1.29, 1.82) is 0 Å². The van der Waals surface area contributed by atoms with E-state index in [4.69, 9.17) is 16.7 Å². The minimum absolute atomic E-state index is 0.0737. The third-order valence-electron chi connectivity index (χ3n) is 5.38. The number of hydrogen-bond acceptors (Lipinski definition) is 3. The molecule has 2 heterocycles. The summed E-state index contributed by atoms with van der Waals surface area (Å²) in [5.41, 5.74) is 7.36. The average Bonchev–Trinajstić information content (AvgIpc) is 2.96. The average molecular weight is 410 g/mol. The number of urea groups is 1. The van der Waals surface area contributed by atoms with Gasteiger partial charge in [0.2, 0.25) is 0 Å². The molecule has 1 aromatic heterocycles. The number of fused-ring (bicyclic) bond motifs is 1. The largest absolute Gasteiger partial charge is 0.381 e. The van der Waals surface area contributed by atoms with E-state index in [0.717, 1.165) is 38.9 Å². The van der Waals surface area contributed by atoms with Crippen LogP contribution in [-0.4, -0.2) is 27.8 Å². The standard InChI is InChI=1S/C22H24ClN5O/c1-14-19(15(2)28(26-14)13-16-6-4-5-7-20(16)23)11-24-18-8-9-21-17(10-18)12-27(3)22(29)25-21/h4-10,24H,11-13H2,1-3H3,(H,25,29). The van der Waals surface area contributed by atoms with Gasteiger partial charge in [0.1, 0.15) is 0 Å². The first-order valence-electron chi connectivity index (χ1n) is 9.57. The second-order valence-electron chi connectivity index (χ2n) is 7.41. The van der Waals surface area contributed by atoms with E-state index in [0.29, 0.717) is 19.6 Å². The van der Waals surface area contributed by atoms with Crippen LogP contribution < -0.4 is 10.6 Å². The fraction of sp³-hybridized carbons (Fsp3) is 0.273. The molecule has 3 aromatic rings. The Morgan fingerprint density at radius 2 is 2.00 bits per heavy atom. The summed E-state index contributed by atoms with van der Waals surface area (Å²) in [6.07, 6.45) is 0. The molecule has 4 rings (SSSR count). The van der Waals surface area contributed by atoms with Crippen LogP contribution in [0.2, 0.25) is 5.02 Å². The molecule has 2 amide bonds. The van der Waals surface area contributed by atoms with Gasteiger partial charge in [0.25, 0.3) is 0 Å². The van der Waals surface area contributed by atoms with Crippen molar-refractivity contribution in [3.05, 3.63) is 75.6 Å². The number of carbonyl (C=O) groups is 1. The monoisotopic (exact) mass is 409 g/mol. The molecule has 0 spiro atoms. The highest BCUT2D eigenvalue weighted by atomic mass is 35.5. The van der Waals surface area contributed by atoms with Gasteiger partial charge in [0, 0.05) is 47.8 Å². The number of aromatic nitrogens is 2. The van der Waals surface area contributed by atoms with Crippen molar-refractivity contribution in [3.8, 4) is 0 Å². The van der Waals surface area contributed by atoms with Crippen LogP contribution in [0.4, 0.5) is 16.2 Å². The Morgan fingerprint density at radius 1 is 1.21 bits per heavy atom. The Balaban J connectivity index is 1.49. The van der Waals surface area contributed by atoms with Crippen molar-refractivity contribution >= 4 is 29.0 Å². The molecule has 1 aliphatic heterocycles. The zero-order valence-electron chi connectivity index (χ0n) is 16.8. The summed E-state index contributed by atoms with van der Waals surface area (Å²) < 4.78 is 2.00. The number of benzene rings is 2. The van der Waals surface area contributed by atoms with E-state index < -0.39 is 0 Å². The highest BCUT2D eigenvalue weighted by Crippen LogP contribution is 2.26. The SMILES string of the molecule is Cc1nn(Cc2ccccc2Cl)c(C)c1CNc1ccc2c(c1)CN(C)C(=O)N2. The fourth-order valence-electron chi connectivity index (χ4n) is 3.62. The molecule has 2 N–H and O–H groups in total. The van der Waals surface area contributed by atoms with Gasteiger partial charge in [-0.2, -0.15) is 5.10 Å². The molecule has 0 bridgehead atoms. The van der Waals surface area contributed by atoms with Crippen molar-refractivity contribution in [1.82, 2.24) is 14.7 Å². The first kappa shape index (κ1) is 19.3. The van der Waals surface area contributed by atoms with E-state index in [9.17, 15) is 4.79 Å². The molecule has 0 fully saturated rings. The maximum atomic E-state index is 11.8. The minimum atomic E-state index is -0.0737. The predicted molar refractivity (Wildman–Crippen MR) is 117 cm³/mol. The lowest BCUT2D eigenvalue weighted by atomic mass is 10.1. The highest BCUT2D eigenvalue weighted by Gasteiger charge is 2.19. The summed E-state index contributed by atoms with van der Waals surface area (Å²) in [6.45, 7) is 6.05. The normalized spacial score (nSPS) is 13.2. The van der Waals surface area contributed by atoms with Crippen LogP contribution in [0.5, 0.6) is 0 Å². The van der Waals surface area contributed by atoms with Crippen LogP contribution in [0.15, 0.2) is 42.5 Å². The molecule has 1 aliphatic rings. The molecule has 0 saturated heterocycles. The summed E-state index contributed by atoms with van der Waals surface area (Å²) >= 11 is 6.31. The van der Waals surface area contributed by atoms with Crippen LogP contribution >= 0.6 is 11.6 Å². The van der Waals surface area contributed by atoms with Crippen molar-refractivity contribution < 1.29 is 4.79 Å². The molecule has 0 aliphatic carbocycles. The number of carbonyl (C=O) groups excluding carboxylic acids is 1. The molecule has 6 nitrogen and oxygen atoms in total. The Labute approximate surface area is 175 Å². The molecule has 7 heteroatoms. The molecule has 29 heavy (non-hydrogen) atoms. The fourth-order valence-corrected chi connectivity index (χ4v) is 3.81. The molecular formula is C22H24ClN5O. The van der Waals surface area contributed by atoms with E-state index in [-0.39, 0.29) is 6.03 Å². The molecule has 0 unspecified atom stereocenters. The van der Waals surface area contributed by atoms with Crippen molar-refractivity contribution in [3.63, 3.8) is 0 Å². The molecule has 150 valence electrons. The van der Waals surface area contributed by atoms with Gasteiger partial charge in [-0.05, 0) is 49.2 Å². The zero-order chi connectivity index (χ0) is 20.5. The number of anilines is 2. The maximum absolute atomic E-state index is 11.8. The second-order valence-corrected chi connectivity index (χ2v) is 7.82. The first-order valence-corrected chi connectivity index (χ1v) is 9.95. The third-order valence-corrected chi connectivity index (χ3v) is 5.75. The third kappa shape index (κ3) is 3.93. The summed E-state index contributed by atoms with van der Waals surface area (Å²) in [7, 11) is 1.79. The zero-order valence-corrected chi connectivity index (χ0v) is 17.5. The van der Waals surface area contributed by atoms with Crippen molar-refractivity contribution in [2.45, 2.75) is 33.5 Å². The smallest absolute Gasteiger partial charge is 0.321 e. The molecule has 2 aromatic carbocycles. The van der Waals surface area contributed by atoms with Crippen LogP contribution in [-0.2, 0) is 19.6 Å². The van der Waals surface area contributed by atoms with Gasteiger partial charge < -0.3 is 15.5 Å². The number of aryl methyl sites for hydroxylation is 1. The Bertz CT molecular complexity index is 1080. The summed E-state index contributed by atoms with van der Waals surface area (Å²) in [5.74, 6) is 0. The lowest BCUT2D eigenvalue weighted by Gasteiger charge is -2.26. The number of halogens is 1. The van der Waals surface area contributed by atoms with Gasteiger partial charge in [-0.3, -0.25) is 4.68 Å².